The van der Waals surface area contributed by atoms with E-state index in [9.17, 15) is 9.59 Å². The van der Waals surface area contributed by atoms with Gasteiger partial charge in [-0.3, -0.25) is 9.59 Å². The van der Waals surface area contributed by atoms with Gasteiger partial charge in [0.25, 0.3) is 5.91 Å². The van der Waals surface area contributed by atoms with Gasteiger partial charge in [-0.1, -0.05) is 30.3 Å². The van der Waals surface area contributed by atoms with Crippen LogP contribution in [0.2, 0.25) is 0 Å². The Labute approximate surface area is 148 Å². The van der Waals surface area contributed by atoms with Gasteiger partial charge in [-0.05, 0) is 37.5 Å². The molecule has 2 amide bonds. The number of likely N-dealkylation sites (tertiary alicyclic amines) is 1. The van der Waals surface area contributed by atoms with Crippen LogP contribution in [0.5, 0.6) is 0 Å². The molecule has 1 aliphatic rings. The second-order valence-electron chi connectivity index (χ2n) is 6.51. The van der Waals surface area contributed by atoms with E-state index in [0.29, 0.717) is 25.3 Å². The normalized spacial score (nSPS) is 17.4. The number of carbonyl (C=O) groups is 2. The highest BCUT2D eigenvalue weighted by molar-refractivity contribution is 5.94. The van der Waals surface area contributed by atoms with Crippen LogP contribution in [-0.2, 0) is 11.8 Å². The van der Waals surface area contributed by atoms with Crippen LogP contribution in [0.3, 0.4) is 0 Å². The highest BCUT2D eigenvalue weighted by atomic mass is 16.2. The SMILES string of the molecule is CCNC(=O)[C@H]1CCCN(C(=O)c2ccc(-c3ccccc3)n2C)C1. The number of rotatable bonds is 4. The summed E-state index contributed by atoms with van der Waals surface area (Å²) < 4.78 is 1.94. The molecule has 0 radical (unpaired) electrons. The fourth-order valence-electron chi connectivity index (χ4n) is 3.48. The molecule has 1 fully saturated rings. The van der Waals surface area contributed by atoms with Gasteiger partial charge in [0.2, 0.25) is 5.91 Å². The summed E-state index contributed by atoms with van der Waals surface area (Å²) in [6.07, 6.45) is 1.71. The lowest BCUT2D eigenvalue weighted by molar-refractivity contribution is -0.126. The maximum Gasteiger partial charge on any atom is 0.270 e. The molecule has 1 aromatic heterocycles. The third-order valence-corrected chi connectivity index (χ3v) is 4.84. The van der Waals surface area contributed by atoms with Gasteiger partial charge in [0.1, 0.15) is 5.69 Å². The zero-order valence-corrected chi connectivity index (χ0v) is 14.9. The van der Waals surface area contributed by atoms with E-state index in [0.717, 1.165) is 24.1 Å². The Hall–Kier alpha value is -2.56. The highest BCUT2D eigenvalue weighted by Gasteiger charge is 2.29. The van der Waals surface area contributed by atoms with Crippen LogP contribution in [0.15, 0.2) is 42.5 Å². The second-order valence-corrected chi connectivity index (χ2v) is 6.51. The van der Waals surface area contributed by atoms with Crippen molar-refractivity contribution >= 4 is 11.8 Å². The average molecular weight is 339 g/mol. The van der Waals surface area contributed by atoms with Crippen LogP contribution in [-0.4, -0.2) is 40.9 Å². The molecule has 0 spiro atoms. The minimum absolute atomic E-state index is 0.00122. The topological polar surface area (TPSA) is 54.3 Å². The average Bonchev–Trinajstić information content (AvgIpc) is 3.03. The molecule has 0 saturated carbocycles. The highest BCUT2D eigenvalue weighted by Crippen LogP contribution is 2.24. The summed E-state index contributed by atoms with van der Waals surface area (Å²) in [7, 11) is 1.92. The standard InChI is InChI=1S/C20H25N3O2/c1-3-21-19(24)16-10-7-13-23(14-16)20(25)18-12-11-17(22(18)2)15-8-5-4-6-9-15/h4-6,8-9,11-12,16H,3,7,10,13-14H2,1-2H3,(H,21,24)/t16-/m0/s1. The van der Waals surface area contributed by atoms with Gasteiger partial charge in [-0.15, -0.1) is 0 Å². The van der Waals surface area contributed by atoms with Crippen LogP contribution >= 0.6 is 0 Å². The van der Waals surface area contributed by atoms with E-state index in [2.05, 4.69) is 5.32 Å². The number of nitrogens with one attached hydrogen (secondary N) is 1. The van der Waals surface area contributed by atoms with Crippen LogP contribution in [0.1, 0.15) is 30.3 Å². The third-order valence-electron chi connectivity index (χ3n) is 4.84. The first-order chi connectivity index (χ1) is 12.1. The molecule has 132 valence electrons. The van der Waals surface area contributed by atoms with E-state index >= 15 is 0 Å². The molecule has 1 atom stereocenters. The predicted octanol–water partition coefficient (Wildman–Crippen LogP) is 2.68. The van der Waals surface area contributed by atoms with Crippen molar-refractivity contribution in [2.45, 2.75) is 19.8 Å². The number of hydrogen-bond acceptors (Lipinski definition) is 2. The molecule has 3 rings (SSSR count). The molecule has 0 unspecified atom stereocenters. The Bertz CT molecular complexity index is 752. The second kappa shape index (κ2) is 7.55. The van der Waals surface area contributed by atoms with Crippen molar-refractivity contribution in [2.24, 2.45) is 13.0 Å². The summed E-state index contributed by atoms with van der Waals surface area (Å²) in [6.45, 7) is 3.75. The van der Waals surface area contributed by atoms with Gasteiger partial charge in [0.05, 0.1) is 5.92 Å². The van der Waals surface area contributed by atoms with Gasteiger partial charge >= 0.3 is 0 Å². The third kappa shape index (κ3) is 3.60. The molecular weight excluding hydrogens is 314 g/mol. The maximum absolute atomic E-state index is 13.0. The van der Waals surface area contributed by atoms with Gasteiger partial charge in [0, 0.05) is 32.4 Å². The monoisotopic (exact) mass is 339 g/mol. The molecule has 0 aliphatic carbocycles. The lowest BCUT2D eigenvalue weighted by Gasteiger charge is -2.32. The summed E-state index contributed by atoms with van der Waals surface area (Å²) in [4.78, 5) is 26.9. The lowest BCUT2D eigenvalue weighted by Crippen LogP contribution is -2.45. The Morgan fingerprint density at radius 1 is 1.16 bits per heavy atom. The molecule has 5 heteroatoms. The number of hydrogen-bond donors (Lipinski definition) is 1. The van der Waals surface area contributed by atoms with Crippen LogP contribution in [0.25, 0.3) is 11.3 Å². The first kappa shape index (κ1) is 17.3. The molecule has 0 bridgehead atoms. The molecule has 1 saturated heterocycles. The summed E-state index contributed by atoms with van der Waals surface area (Å²) >= 11 is 0. The van der Waals surface area contributed by atoms with Gasteiger partial charge in [0.15, 0.2) is 0 Å². The van der Waals surface area contributed by atoms with Crippen molar-refractivity contribution in [3.8, 4) is 11.3 Å². The van der Waals surface area contributed by atoms with Crippen molar-refractivity contribution in [3.63, 3.8) is 0 Å². The van der Waals surface area contributed by atoms with Gasteiger partial charge in [-0.25, -0.2) is 0 Å². The predicted molar refractivity (Wildman–Crippen MR) is 98.2 cm³/mol. The number of benzene rings is 1. The van der Waals surface area contributed by atoms with E-state index in [1.54, 1.807) is 0 Å². The molecule has 1 N–H and O–H groups in total. The molecule has 25 heavy (non-hydrogen) atoms. The Morgan fingerprint density at radius 2 is 1.92 bits per heavy atom. The quantitative estimate of drug-likeness (QED) is 0.931. The van der Waals surface area contributed by atoms with Crippen LogP contribution in [0.4, 0.5) is 0 Å². The number of piperidine rings is 1. The van der Waals surface area contributed by atoms with E-state index in [1.165, 1.54) is 0 Å². The van der Waals surface area contributed by atoms with E-state index in [-0.39, 0.29) is 17.7 Å². The van der Waals surface area contributed by atoms with Crippen molar-refractivity contribution < 1.29 is 9.59 Å². The lowest BCUT2D eigenvalue weighted by atomic mass is 9.97. The first-order valence-electron chi connectivity index (χ1n) is 8.90. The molecule has 1 aromatic carbocycles. The molecule has 2 heterocycles. The smallest absolute Gasteiger partial charge is 0.270 e. The number of amides is 2. The minimum Gasteiger partial charge on any atom is -0.356 e. The fourth-order valence-corrected chi connectivity index (χ4v) is 3.48. The molecule has 2 aromatic rings. The zero-order chi connectivity index (χ0) is 17.8. The fraction of sp³-hybridized carbons (Fsp3) is 0.400. The van der Waals surface area contributed by atoms with E-state index in [1.807, 2.05) is 65.9 Å². The zero-order valence-electron chi connectivity index (χ0n) is 14.9. The van der Waals surface area contributed by atoms with Crippen molar-refractivity contribution in [1.29, 1.82) is 0 Å². The number of nitrogens with zero attached hydrogens (tertiary/aromatic N) is 2. The minimum atomic E-state index is -0.105. The van der Waals surface area contributed by atoms with Crippen molar-refractivity contribution in [2.75, 3.05) is 19.6 Å². The summed E-state index contributed by atoms with van der Waals surface area (Å²) in [5.41, 5.74) is 2.76. The molecular formula is C20H25N3O2. The summed E-state index contributed by atoms with van der Waals surface area (Å²) in [5, 5.41) is 2.87. The van der Waals surface area contributed by atoms with E-state index in [4.69, 9.17) is 0 Å². The largest absolute Gasteiger partial charge is 0.356 e. The molecule has 5 nitrogen and oxygen atoms in total. The number of carbonyl (C=O) groups excluding carboxylic acids is 2. The van der Waals surface area contributed by atoms with Crippen molar-refractivity contribution in [1.82, 2.24) is 14.8 Å². The molecule has 1 aliphatic heterocycles. The summed E-state index contributed by atoms with van der Waals surface area (Å²) in [5.74, 6) is -0.0537. The van der Waals surface area contributed by atoms with Gasteiger partial charge in [-0.2, -0.15) is 0 Å². The Morgan fingerprint density at radius 3 is 2.64 bits per heavy atom. The van der Waals surface area contributed by atoms with Crippen molar-refractivity contribution in [3.05, 3.63) is 48.2 Å². The van der Waals surface area contributed by atoms with Crippen LogP contribution in [0, 0.1) is 5.92 Å². The van der Waals surface area contributed by atoms with Gasteiger partial charge < -0.3 is 14.8 Å². The van der Waals surface area contributed by atoms with E-state index < -0.39 is 0 Å². The van der Waals surface area contributed by atoms with Crippen LogP contribution < -0.4 is 5.32 Å². The maximum atomic E-state index is 13.0. The number of aromatic nitrogens is 1. The first-order valence-corrected chi connectivity index (χ1v) is 8.90. The summed E-state index contributed by atoms with van der Waals surface area (Å²) in [6, 6.07) is 13.9. The Kier molecular flexibility index (Phi) is 5.22. The Balaban J connectivity index is 1.77.